The Morgan fingerprint density at radius 2 is 0.881 bits per heavy atom. The molecule has 23 nitrogen and oxygen atoms in total. The predicted molar refractivity (Wildman–Crippen MR) is 324 cm³/mol. The lowest BCUT2D eigenvalue weighted by Crippen LogP contribution is -2.63. The van der Waals surface area contributed by atoms with Crippen molar-refractivity contribution < 1.29 is 57.8 Å². The van der Waals surface area contributed by atoms with Gasteiger partial charge in [-0.1, -0.05) is 102 Å². The van der Waals surface area contributed by atoms with Crippen molar-refractivity contribution in [2.75, 3.05) is 55.9 Å². The SMILES string of the molecule is C/C=C/CC[C@@H](O)[C@H]1C(=O)N[C@@H](CC)C(=O)N(C)CC(=O)N(C)[C@@H](CC(C)C)C(=O)N[C@@H](C(C)C)C(=O)N(C)[C@@H](CC(C)C)C(=O)N[C@@H](C)C(=O)N[C@H](C)C(=O)N(C)[C@@H](CC(C)C)C(=O)N(C)[C@@H](CC(C)C)C(=O)N(C)[C@@H](C(C)C)C(=O)N1C. The maximum absolute atomic E-state index is 15.1. The first kappa shape index (κ1) is 75.9. The van der Waals surface area contributed by atoms with Gasteiger partial charge in [-0.05, 0) is 101 Å². The van der Waals surface area contributed by atoms with Gasteiger partial charge in [0.25, 0.3) is 0 Å². The highest BCUT2D eigenvalue weighted by Gasteiger charge is 2.45. The minimum atomic E-state index is -1.59. The zero-order chi connectivity index (χ0) is 65.1. The number of nitrogens with zero attached hydrogens (tertiary/aromatic N) is 7. The maximum Gasteiger partial charge on any atom is 0.246 e. The van der Waals surface area contributed by atoms with E-state index >= 15 is 9.59 Å². The molecule has 11 atom stereocenters. The summed E-state index contributed by atoms with van der Waals surface area (Å²) in [5.74, 6) is -9.07. The lowest BCUT2D eigenvalue weighted by molar-refractivity contribution is -0.157. The molecule has 0 aliphatic carbocycles. The zero-order valence-corrected chi connectivity index (χ0v) is 55.2. The number of allylic oxidation sites excluding steroid dienone is 2. The van der Waals surface area contributed by atoms with Crippen LogP contribution in [0.4, 0.5) is 0 Å². The molecule has 5 N–H and O–H groups in total. The molecule has 0 radical (unpaired) electrons. The third-order valence-electron chi connectivity index (χ3n) is 15.7. The van der Waals surface area contributed by atoms with Crippen LogP contribution in [0.15, 0.2) is 12.2 Å². The number of carbonyl (C=O) groups excluding carboxylic acids is 11. The van der Waals surface area contributed by atoms with Gasteiger partial charge in [0, 0.05) is 49.3 Å². The number of aliphatic hydroxyl groups excluding tert-OH is 1. The van der Waals surface area contributed by atoms with Gasteiger partial charge in [-0.3, -0.25) is 52.7 Å². The quantitative estimate of drug-likeness (QED) is 0.148. The van der Waals surface area contributed by atoms with Gasteiger partial charge in [0.2, 0.25) is 65.0 Å². The van der Waals surface area contributed by atoms with Crippen LogP contribution >= 0.6 is 0 Å². The Labute approximate surface area is 502 Å². The second kappa shape index (κ2) is 34.7. The van der Waals surface area contributed by atoms with Crippen LogP contribution in [-0.2, 0) is 52.7 Å². The molecule has 0 spiro atoms. The van der Waals surface area contributed by atoms with E-state index in [4.69, 9.17) is 0 Å². The normalized spacial score (nSPS) is 26.7. The fraction of sp³-hybridized carbons (Fsp3) is 0.787. The first-order chi connectivity index (χ1) is 38.8. The summed E-state index contributed by atoms with van der Waals surface area (Å²) < 4.78 is 0. The molecule has 1 fully saturated rings. The number of aliphatic hydroxyl groups is 1. The zero-order valence-electron chi connectivity index (χ0n) is 55.2. The number of rotatable bonds is 15. The molecule has 23 heteroatoms. The highest BCUT2D eigenvalue weighted by atomic mass is 16.3. The van der Waals surface area contributed by atoms with E-state index in [-0.39, 0.29) is 62.2 Å². The van der Waals surface area contributed by atoms with Crippen LogP contribution < -0.4 is 21.3 Å². The van der Waals surface area contributed by atoms with Crippen LogP contribution in [0.2, 0.25) is 0 Å². The summed E-state index contributed by atoms with van der Waals surface area (Å²) in [5, 5.41) is 22.8. The standard InChI is InChI=1S/C61H109N11O12/c1-24-26-27-28-47(73)51-55(78)64-42(25-2)57(80)66(17)33-48(74)67(18)43(29-34(3)4)54(77)65-49(38(11)12)60(83)68(19)44(30-35(5)6)53(76)62-40(15)52(75)63-41(16)56(79)69(20)45(31-36(7)8)58(81)70(21)46(32-37(9)10)59(82)71(22)50(39(13)14)61(84)72(51)23/h24,26,34-47,49-51,73H,25,27-33H2,1-23H3,(H,62,76)(H,63,75)(H,64,78)(H,65,77)/b26-24+/t40-,41+,42-,43-,44-,45-,46-,47+,49-,50-,51-/m0/s1. The Kier molecular flexibility index (Phi) is 31.4. The van der Waals surface area contributed by atoms with Crippen molar-refractivity contribution in [3.05, 3.63) is 12.2 Å². The molecule has 1 aliphatic rings. The second-order valence-electron chi connectivity index (χ2n) is 25.5. The molecule has 1 rings (SSSR count). The first-order valence-corrected chi connectivity index (χ1v) is 30.2. The molecular weight excluding hydrogens is 1080 g/mol. The van der Waals surface area contributed by atoms with E-state index in [0.717, 1.165) is 9.80 Å². The largest absolute Gasteiger partial charge is 0.390 e. The summed E-state index contributed by atoms with van der Waals surface area (Å²) in [6, 6.07) is -12.3. The molecular formula is C61H109N11O12. The molecule has 1 saturated heterocycles. The van der Waals surface area contributed by atoms with Crippen LogP contribution in [0.25, 0.3) is 0 Å². The average molecular weight is 1190 g/mol. The van der Waals surface area contributed by atoms with Gasteiger partial charge in [0.1, 0.15) is 60.4 Å². The number of hydrogen-bond acceptors (Lipinski definition) is 12. The molecule has 0 bridgehead atoms. The van der Waals surface area contributed by atoms with Gasteiger partial charge in [-0.2, -0.15) is 0 Å². The summed E-state index contributed by atoms with van der Waals surface area (Å²) in [5.41, 5.74) is 0. The van der Waals surface area contributed by atoms with Gasteiger partial charge >= 0.3 is 0 Å². The molecule has 0 saturated carbocycles. The molecule has 1 heterocycles. The molecule has 1 aliphatic heterocycles. The highest BCUT2D eigenvalue weighted by Crippen LogP contribution is 2.25. The number of carbonyl (C=O) groups is 11. The van der Waals surface area contributed by atoms with E-state index in [1.165, 1.54) is 87.7 Å². The van der Waals surface area contributed by atoms with E-state index in [2.05, 4.69) is 21.3 Å². The van der Waals surface area contributed by atoms with E-state index in [1.54, 1.807) is 53.7 Å². The second-order valence-corrected chi connectivity index (χ2v) is 25.5. The van der Waals surface area contributed by atoms with Crippen LogP contribution in [-0.4, -0.2) is 227 Å². The summed E-state index contributed by atoms with van der Waals surface area (Å²) in [4.78, 5) is 168. The summed E-state index contributed by atoms with van der Waals surface area (Å²) in [7, 11) is 9.90. The molecule has 84 heavy (non-hydrogen) atoms. The van der Waals surface area contributed by atoms with E-state index in [9.17, 15) is 48.3 Å². The van der Waals surface area contributed by atoms with E-state index in [1.807, 2.05) is 55.4 Å². The fourth-order valence-electron chi connectivity index (χ4n) is 10.5. The molecule has 0 aromatic heterocycles. The van der Waals surface area contributed by atoms with Gasteiger partial charge in [0.05, 0.1) is 12.6 Å². The van der Waals surface area contributed by atoms with Gasteiger partial charge in [-0.15, -0.1) is 0 Å². The summed E-state index contributed by atoms with van der Waals surface area (Å²) >= 11 is 0. The van der Waals surface area contributed by atoms with Crippen LogP contribution in [0.1, 0.15) is 156 Å². The van der Waals surface area contributed by atoms with Crippen LogP contribution in [0.3, 0.4) is 0 Å². The summed E-state index contributed by atoms with van der Waals surface area (Å²) in [6.45, 7) is 27.6. The molecule has 0 aromatic carbocycles. The number of amides is 11. The van der Waals surface area contributed by atoms with Gasteiger partial charge < -0.3 is 60.7 Å². The highest BCUT2D eigenvalue weighted by molar-refractivity contribution is 5.99. The van der Waals surface area contributed by atoms with Crippen molar-refractivity contribution in [2.45, 2.75) is 222 Å². The molecule has 0 aromatic rings. The first-order valence-electron chi connectivity index (χ1n) is 30.2. The minimum absolute atomic E-state index is 0.0260. The topological polar surface area (TPSA) is 279 Å². The fourth-order valence-corrected chi connectivity index (χ4v) is 10.5. The van der Waals surface area contributed by atoms with Crippen molar-refractivity contribution in [1.82, 2.24) is 55.6 Å². The Balaban J connectivity index is 4.28. The lowest BCUT2D eigenvalue weighted by Gasteiger charge is -2.41. The predicted octanol–water partition coefficient (Wildman–Crippen LogP) is 3.02. The van der Waals surface area contributed by atoms with Crippen molar-refractivity contribution in [2.24, 2.45) is 35.5 Å². The Morgan fingerprint density at radius 1 is 0.464 bits per heavy atom. The van der Waals surface area contributed by atoms with Crippen molar-refractivity contribution in [1.29, 1.82) is 0 Å². The summed E-state index contributed by atoms with van der Waals surface area (Å²) in [6.07, 6.45) is 3.10. The van der Waals surface area contributed by atoms with Crippen molar-refractivity contribution in [3.8, 4) is 0 Å². The third kappa shape index (κ3) is 21.4. The minimum Gasteiger partial charge on any atom is -0.390 e. The Bertz CT molecular complexity index is 2290. The maximum atomic E-state index is 15.1. The van der Waals surface area contributed by atoms with E-state index in [0.29, 0.717) is 6.42 Å². The van der Waals surface area contributed by atoms with Crippen molar-refractivity contribution >= 4 is 65.0 Å². The number of nitrogens with one attached hydrogen (secondary N) is 4. The van der Waals surface area contributed by atoms with Gasteiger partial charge in [0.15, 0.2) is 0 Å². The van der Waals surface area contributed by atoms with Gasteiger partial charge in [-0.25, -0.2) is 0 Å². The average Bonchev–Trinajstić information content (AvgIpc) is 3.62. The number of hydrogen-bond donors (Lipinski definition) is 5. The molecule has 0 unspecified atom stereocenters. The number of likely N-dealkylation sites (N-methyl/N-ethyl adjacent to an activating group) is 7. The molecule has 480 valence electrons. The van der Waals surface area contributed by atoms with E-state index < -0.39 is 150 Å². The monoisotopic (exact) mass is 1190 g/mol. The van der Waals surface area contributed by atoms with Crippen LogP contribution in [0, 0.1) is 35.5 Å². The lowest BCUT2D eigenvalue weighted by atomic mass is 9.95. The molecule has 11 amide bonds. The third-order valence-corrected chi connectivity index (χ3v) is 15.7. The Morgan fingerprint density at radius 3 is 1.33 bits per heavy atom. The van der Waals surface area contributed by atoms with Crippen LogP contribution in [0.5, 0.6) is 0 Å². The Hall–Kier alpha value is -6.13. The smallest absolute Gasteiger partial charge is 0.246 e. The van der Waals surface area contributed by atoms with Crippen molar-refractivity contribution in [3.63, 3.8) is 0 Å².